The fourth-order valence-electron chi connectivity index (χ4n) is 3.41. The number of phenolic OH excluding ortho intramolecular Hbond substituents is 1. The van der Waals surface area contributed by atoms with Crippen molar-refractivity contribution in [2.45, 2.75) is 57.8 Å². The quantitative estimate of drug-likeness (QED) is 0.652. The third-order valence-electron chi connectivity index (χ3n) is 4.93. The normalized spacial score (nSPS) is 15.8. The standard InChI is InChI=1S/C21H24ClFO/c1-12(2)17-9-14(4-7-16(17)15-5-6-15)8-13(3)18-10-21(24)20(23)11-19(18)22/h4,7,9-13,15,24H,5-6,8H2,1-3H3. The summed E-state index contributed by atoms with van der Waals surface area (Å²) in [5.41, 5.74) is 4.98. The van der Waals surface area contributed by atoms with Crippen LogP contribution in [0.1, 0.15) is 73.6 Å². The summed E-state index contributed by atoms with van der Waals surface area (Å²) in [4.78, 5) is 0. The highest BCUT2D eigenvalue weighted by atomic mass is 35.5. The topological polar surface area (TPSA) is 20.2 Å². The third kappa shape index (κ3) is 3.59. The van der Waals surface area contributed by atoms with Crippen molar-refractivity contribution in [2.24, 2.45) is 0 Å². The van der Waals surface area contributed by atoms with E-state index < -0.39 is 5.82 Å². The van der Waals surface area contributed by atoms with Crippen LogP contribution in [-0.4, -0.2) is 5.11 Å². The van der Waals surface area contributed by atoms with Crippen LogP contribution in [0.2, 0.25) is 5.02 Å². The monoisotopic (exact) mass is 346 g/mol. The molecule has 1 N–H and O–H groups in total. The maximum Gasteiger partial charge on any atom is 0.166 e. The smallest absolute Gasteiger partial charge is 0.166 e. The van der Waals surface area contributed by atoms with Gasteiger partial charge in [0.15, 0.2) is 11.6 Å². The summed E-state index contributed by atoms with van der Waals surface area (Å²) < 4.78 is 13.4. The lowest BCUT2D eigenvalue weighted by atomic mass is 9.88. The third-order valence-corrected chi connectivity index (χ3v) is 5.26. The molecule has 1 atom stereocenters. The van der Waals surface area contributed by atoms with Crippen molar-refractivity contribution in [3.63, 3.8) is 0 Å². The maximum absolute atomic E-state index is 13.4. The Morgan fingerprint density at radius 1 is 1.12 bits per heavy atom. The molecular weight excluding hydrogens is 323 g/mol. The second kappa shape index (κ2) is 6.76. The SMILES string of the molecule is CC(C)c1cc(CC(C)c2cc(O)c(F)cc2Cl)ccc1C1CC1. The molecule has 3 heteroatoms. The Hall–Kier alpha value is -1.54. The van der Waals surface area contributed by atoms with Gasteiger partial charge in [-0.05, 0) is 71.4 Å². The highest BCUT2D eigenvalue weighted by Gasteiger charge is 2.27. The number of phenols is 1. The van der Waals surface area contributed by atoms with E-state index >= 15 is 0 Å². The molecule has 0 aromatic heterocycles. The van der Waals surface area contributed by atoms with Gasteiger partial charge in [-0.2, -0.15) is 0 Å². The van der Waals surface area contributed by atoms with Crippen LogP contribution in [-0.2, 0) is 6.42 Å². The van der Waals surface area contributed by atoms with E-state index in [1.165, 1.54) is 41.7 Å². The number of benzene rings is 2. The summed E-state index contributed by atoms with van der Waals surface area (Å²) in [6.07, 6.45) is 3.43. The van der Waals surface area contributed by atoms with Crippen molar-refractivity contribution in [3.8, 4) is 5.75 Å². The predicted octanol–water partition coefficient (Wildman–Crippen LogP) is 6.53. The molecule has 0 saturated heterocycles. The molecule has 0 spiro atoms. The Morgan fingerprint density at radius 2 is 1.83 bits per heavy atom. The van der Waals surface area contributed by atoms with E-state index in [-0.39, 0.29) is 11.7 Å². The van der Waals surface area contributed by atoms with Gasteiger partial charge in [-0.25, -0.2) is 4.39 Å². The summed E-state index contributed by atoms with van der Waals surface area (Å²) in [5, 5.41) is 10.00. The van der Waals surface area contributed by atoms with Gasteiger partial charge in [-0.1, -0.05) is 50.6 Å². The molecule has 2 aromatic rings. The Balaban J connectivity index is 1.85. The zero-order valence-corrected chi connectivity index (χ0v) is 15.2. The second-order valence-electron chi connectivity index (χ2n) is 7.32. The molecule has 1 saturated carbocycles. The van der Waals surface area contributed by atoms with Crippen LogP contribution >= 0.6 is 11.6 Å². The van der Waals surface area contributed by atoms with Crippen molar-refractivity contribution >= 4 is 11.6 Å². The fourth-order valence-corrected chi connectivity index (χ4v) is 3.75. The van der Waals surface area contributed by atoms with E-state index in [0.29, 0.717) is 10.9 Å². The molecule has 0 radical (unpaired) electrons. The lowest BCUT2D eigenvalue weighted by Crippen LogP contribution is -2.03. The molecular formula is C21H24ClFO. The van der Waals surface area contributed by atoms with E-state index in [2.05, 4.69) is 39.0 Å². The summed E-state index contributed by atoms with van der Waals surface area (Å²) in [7, 11) is 0. The zero-order chi connectivity index (χ0) is 17.4. The number of hydrogen-bond donors (Lipinski definition) is 1. The van der Waals surface area contributed by atoms with Gasteiger partial charge in [0.1, 0.15) is 0 Å². The minimum Gasteiger partial charge on any atom is -0.505 e. The number of rotatable bonds is 5. The average molecular weight is 347 g/mol. The number of aromatic hydroxyl groups is 1. The first-order chi connectivity index (χ1) is 11.4. The number of halogens is 2. The molecule has 1 nitrogen and oxygen atoms in total. The second-order valence-corrected chi connectivity index (χ2v) is 7.73. The summed E-state index contributed by atoms with van der Waals surface area (Å²) in [5.74, 6) is 0.350. The molecule has 1 unspecified atom stereocenters. The molecule has 128 valence electrons. The van der Waals surface area contributed by atoms with Crippen molar-refractivity contribution < 1.29 is 9.50 Å². The molecule has 1 aliphatic rings. The van der Waals surface area contributed by atoms with Gasteiger partial charge in [-0.15, -0.1) is 0 Å². The fraction of sp³-hybridized carbons (Fsp3) is 0.429. The molecule has 3 rings (SSSR count). The summed E-state index contributed by atoms with van der Waals surface area (Å²) in [6.45, 7) is 6.54. The highest BCUT2D eigenvalue weighted by molar-refractivity contribution is 6.31. The Labute approximate surface area is 148 Å². The van der Waals surface area contributed by atoms with Crippen molar-refractivity contribution in [1.29, 1.82) is 0 Å². The molecule has 0 aliphatic heterocycles. The van der Waals surface area contributed by atoms with Crippen LogP contribution in [0.5, 0.6) is 5.75 Å². The molecule has 24 heavy (non-hydrogen) atoms. The molecule has 0 heterocycles. The van der Waals surface area contributed by atoms with Crippen LogP contribution in [0.25, 0.3) is 0 Å². The van der Waals surface area contributed by atoms with Crippen molar-refractivity contribution in [2.75, 3.05) is 0 Å². The first-order valence-corrected chi connectivity index (χ1v) is 9.05. The van der Waals surface area contributed by atoms with Gasteiger partial charge in [0, 0.05) is 5.02 Å². The first kappa shape index (κ1) is 17.3. The van der Waals surface area contributed by atoms with E-state index in [0.717, 1.165) is 17.9 Å². The number of hydrogen-bond acceptors (Lipinski definition) is 1. The maximum atomic E-state index is 13.4. The lowest BCUT2D eigenvalue weighted by molar-refractivity contribution is 0.431. The van der Waals surface area contributed by atoms with Crippen LogP contribution < -0.4 is 0 Å². The molecule has 2 aromatic carbocycles. The van der Waals surface area contributed by atoms with E-state index in [4.69, 9.17) is 11.6 Å². The Morgan fingerprint density at radius 3 is 2.46 bits per heavy atom. The van der Waals surface area contributed by atoms with Crippen LogP contribution in [0, 0.1) is 5.82 Å². The Kier molecular flexibility index (Phi) is 4.87. The lowest BCUT2D eigenvalue weighted by Gasteiger charge is -2.18. The summed E-state index contributed by atoms with van der Waals surface area (Å²) in [6, 6.07) is 9.43. The molecule has 0 amide bonds. The highest BCUT2D eigenvalue weighted by Crippen LogP contribution is 2.44. The van der Waals surface area contributed by atoms with Gasteiger partial charge in [0.2, 0.25) is 0 Å². The minimum atomic E-state index is -0.674. The summed E-state index contributed by atoms with van der Waals surface area (Å²) >= 11 is 6.17. The minimum absolute atomic E-state index is 0.107. The van der Waals surface area contributed by atoms with Gasteiger partial charge >= 0.3 is 0 Å². The van der Waals surface area contributed by atoms with Gasteiger partial charge < -0.3 is 5.11 Å². The van der Waals surface area contributed by atoms with Crippen molar-refractivity contribution in [1.82, 2.24) is 0 Å². The van der Waals surface area contributed by atoms with Gasteiger partial charge in [0.05, 0.1) is 0 Å². The Bertz CT molecular complexity index is 750. The van der Waals surface area contributed by atoms with Crippen LogP contribution in [0.3, 0.4) is 0 Å². The van der Waals surface area contributed by atoms with E-state index in [9.17, 15) is 9.50 Å². The van der Waals surface area contributed by atoms with Crippen LogP contribution in [0.4, 0.5) is 4.39 Å². The largest absolute Gasteiger partial charge is 0.505 e. The van der Waals surface area contributed by atoms with Crippen molar-refractivity contribution in [3.05, 3.63) is 63.4 Å². The van der Waals surface area contributed by atoms with E-state index in [1.807, 2.05) is 0 Å². The molecule has 1 fully saturated rings. The van der Waals surface area contributed by atoms with Gasteiger partial charge in [-0.3, -0.25) is 0 Å². The molecule has 1 aliphatic carbocycles. The average Bonchev–Trinajstić information content (AvgIpc) is 3.35. The predicted molar refractivity (Wildman–Crippen MR) is 97.7 cm³/mol. The van der Waals surface area contributed by atoms with Gasteiger partial charge in [0.25, 0.3) is 0 Å². The van der Waals surface area contributed by atoms with E-state index in [1.54, 1.807) is 0 Å². The van der Waals surface area contributed by atoms with Crippen LogP contribution in [0.15, 0.2) is 30.3 Å². The molecule has 0 bridgehead atoms. The zero-order valence-electron chi connectivity index (χ0n) is 14.4. The first-order valence-electron chi connectivity index (χ1n) is 8.67.